The van der Waals surface area contributed by atoms with Gasteiger partial charge in [-0.15, -0.1) is 0 Å². The lowest BCUT2D eigenvalue weighted by Gasteiger charge is -2.29. The maximum absolute atomic E-state index is 10.3. The second-order valence-corrected chi connectivity index (χ2v) is 7.16. The number of methoxy groups -OCH3 is 1. The number of benzene rings is 2. The maximum Gasteiger partial charge on any atom is 0.118 e. The van der Waals surface area contributed by atoms with Gasteiger partial charge in [-0.1, -0.05) is 49.2 Å². The molecule has 1 heterocycles. The van der Waals surface area contributed by atoms with Crippen LogP contribution in [0, 0.1) is 18.3 Å². The molecule has 28 heavy (non-hydrogen) atoms. The summed E-state index contributed by atoms with van der Waals surface area (Å²) in [6.45, 7) is 2.09. The summed E-state index contributed by atoms with van der Waals surface area (Å²) in [6, 6.07) is 18.8. The highest BCUT2D eigenvalue weighted by Crippen LogP contribution is 2.39. The Bertz CT molecular complexity index is 910. The number of aromatic nitrogens is 2. The molecule has 0 aliphatic heterocycles. The van der Waals surface area contributed by atoms with E-state index in [-0.39, 0.29) is 0 Å². The van der Waals surface area contributed by atoms with Gasteiger partial charge in [-0.25, -0.2) is 4.98 Å². The van der Waals surface area contributed by atoms with Crippen LogP contribution in [0.15, 0.2) is 60.9 Å². The summed E-state index contributed by atoms with van der Waals surface area (Å²) in [6.07, 6.45) is 8.49. The van der Waals surface area contributed by atoms with Crippen LogP contribution < -0.4 is 4.74 Å². The van der Waals surface area contributed by atoms with Crippen molar-refractivity contribution in [2.45, 2.75) is 44.4 Å². The number of hydrogen-bond donors (Lipinski definition) is 1. The summed E-state index contributed by atoms with van der Waals surface area (Å²) < 4.78 is 5.30. The van der Waals surface area contributed by atoms with Gasteiger partial charge in [-0.3, -0.25) is 0 Å². The zero-order valence-corrected chi connectivity index (χ0v) is 16.6. The highest BCUT2D eigenvalue weighted by Gasteiger charge is 2.35. The van der Waals surface area contributed by atoms with Gasteiger partial charge in [-0.2, -0.15) is 5.26 Å². The van der Waals surface area contributed by atoms with Gasteiger partial charge in [-0.05, 0) is 48.6 Å². The first-order valence-electron chi connectivity index (χ1n) is 9.80. The molecule has 3 rings (SSSR count). The Morgan fingerprint density at radius 1 is 1.07 bits per heavy atom. The number of ether oxygens (including phenoxy) is 1. The summed E-state index contributed by atoms with van der Waals surface area (Å²) in [5.41, 5.74) is 2.61. The first-order chi connectivity index (χ1) is 13.7. The molecule has 0 spiro atoms. The van der Waals surface area contributed by atoms with E-state index in [0.29, 0.717) is 0 Å². The molecule has 2 aromatic carbocycles. The minimum absolute atomic E-state index is 0.650. The number of nitrogens with zero attached hydrogens (tertiary/aromatic N) is 2. The van der Waals surface area contributed by atoms with E-state index in [2.05, 4.69) is 35.1 Å². The second-order valence-electron chi connectivity index (χ2n) is 7.16. The maximum atomic E-state index is 10.3. The van der Waals surface area contributed by atoms with Crippen LogP contribution >= 0.6 is 0 Å². The molecular weight excluding hydrogens is 346 g/mol. The van der Waals surface area contributed by atoms with Crippen molar-refractivity contribution in [3.05, 3.63) is 83.4 Å². The number of imidazole rings is 1. The molecule has 0 bridgehead atoms. The molecule has 1 N–H and O–H groups in total. The van der Waals surface area contributed by atoms with Crippen molar-refractivity contribution in [2.24, 2.45) is 0 Å². The molecule has 4 nitrogen and oxygen atoms in total. The minimum Gasteiger partial charge on any atom is -0.497 e. The lowest BCUT2D eigenvalue weighted by atomic mass is 9.70. The molecule has 0 aliphatic rings. The Morgan fingerprint density at radius 3 is 2.50 bits per heavy atom. The van der Waals surface area contributed by atoms with Gasteiger partial charge in [0.15, 0.2) is 0 Å². The van der Waals surface area contributed by atoms with E-state index in [1.54, 1.807) is 13.3 Å². The monoisotopic (exact) mass is 373 g/mol. The van der Waals surface area contributed by atoms with Gasteiger partial charge in [0.1, 0.15) is 17.0 Å². The number of nitriles is 1. The van der Waals surface area contributed by atoms with Crippen molar-refractivity contribution in [3.8, 4) is 11.8 Å². The third kappa shape index (κ3) is 4.26. The van der Waals surface area contributed by atoms with Gasteiger partial charge in [0.2, 0.25) is 0 Å². The van der Waals surface area contributed by atoms with E-state index >= 15 is 0 Å². The van der Waals surface area contributed by atoms with E-state index in [4.69, 9.17) is 4.74 Å². The van der Waals surface area contributed by atoms with Crippen LogP contribution in [0.3, 0.4) is 0 Å². The number of nitrogens with one attached hydrogen (secondary N) is 1. The Hall–Kier alpha value is -3.06. The third-order valence-corrected chi connectivity index (χ3v) is 5.40. The molecule has 4 heteroatoms. The van der Waals surface area contributed by atoms with Crippen LogP contribution in [0.4, 0.5) is 0 Å². The highest BCUT2D eigenvalue weighted by atomic mass is 16.5. The quantitative estimate of drug-likeness (QED) is 0.515. The second kappa shape index (κ2) is 9.23. The van der Waals surface area contributed by atoms with Gasteiger partial charge >= 0.3 is 0 Å². The number of aryl methyl sites for hydroxylation is 2. The Kier molecular flexibility index (Phi) is 6.49. The summed E-state index contributed by atoms with van der Waals surface area (Å²) in [4.78, 5) is 7.43. The van der Waals surface area contributed by atoms with Crippen LogP contribution in [-0.4, -0.2) is 17.1 Å². The molecule has 3 aromatic rings. The molecule has 0 saturated heterocycles. The summed E-state index contributed by atoms with van der Waals surface area (Å²) >= 11 is 0. The number of hydrogen-bond acceptors (Lipinski definition) is 3. The van der Waals surface area contributed by atoms with E-state index < -0.39 is 5.41 Å². The van der Waals surface area contributed by atoms with Gasteiger partial charge in [0, 0.05) is 18.8 Å². The van der Waals surface area contributed by atoms with Crippen molar-refractivity contribution >= 4 is 0 Å². The fourth-order valence-electron chi connectivity index (χ4n) is 3.84. The van der Waals surface area contributed by atoms with E-state index in [0.717, 1.165) is 60.4 Å². The molecule has 0 saturated carbocycles. The highest BCUT2D eigenvalue weighted by molar-refractivity contribution is 5.50. The van der Waals surface area contributed by atoms with Crippen molar-refractivity contribution < 1.29 is 4.74 Å². The van der Waals surface area contributed by atoms with Crippen LogP contribution in [0.5, 0.6) is 5.75 Å². The molecule has 1 aromatic heterocycles. The van der Waals surface area contributed by atoms with Gasteiger partial charge < -0.3 is 9.72 Å². The number of rotatable bonds is 9. The van der Waals surface area contributed by atoms with E-state index in [9.17, 15) is 5.26 Å². The van der Waals surface area contributed by atoms with Crippen molar-refractivity contribution in [1.82, 2.24) is 9.97 Å². The Morgan fingerprint density at radius 2 is 1.86 bits per heavy atom. The predicted octanol–water partition coefficient (Wildman–Crippen LogP) is 5.34. The Labute approximate surface area is 167 Å². The Balaban J connectivity index is 1.81. The molecule has 1 atom stereocenters. The largest absolute Gasteiger partial charge is 0.497 e. The smallest absolute Gasteiger partial charge is 0.118 e. The minimum atomic E-state index is -0.650. The lowest BCUT2D eigenvalue weighted by molar-refractivity contribution is 0.414. The fraction of sp³-hybridized carbons (Fsp3) is 0.333. The predicted molar refractivity (Wildman–Crippen MR) is 111 cm³/mol. The van der Waals surface area contributed by atoms with Crippen molar-refractivity contribution in [2.75, 3.05) is 7.11 Å². The van der Waals surface area contributed by atoms with Crippen molar-refractivity contribution in [1.29, 1.82) is 5.26 Å². The average molecular weight is 374 g/mol. The normalized spacial score (nSPS) is 12.9. The molecule has 0 amide bonds. The van der Waals surface area contributed by atoms with Crippen LogP contribution in [0.1, 0.15) is 48.2 Å². The SMILES string of the molecule is COc1ccc(C(C#N)(CCCCCc2ncc[nH]2)c2ccccc2C)cc1. The van der Waals surface area contributed by atoms with Crippen LogP contribution in [-0.2, 0) is 11.8 Å². The number of H-pyrrole nitrogens is 1. The molecule has 144 valence electrons. The van der Waals surface area contributed by atoms with Gasteiger partial charge in [0.25, 0.3) is 0 Å². The third-order valence-electron chi connectivity index (χ3n) is 5.40. The molecule has 0 radical (unpaired) electrons. The van der Waals surface area contributed by atoms with Gasteiger partial charge in [0.05, 0.1) is 13.2 Å². The first kappa shape index (κ1) is 19.7. The lowest BCUT2D eigenvalue weighted by Crippen LogP contribution is -2.27. The van der Waals surface area contributed by atoms with Crippen molar-refractivity contribution in [3.63, 3.8) is 0 Å². The zero-order chi connectivity index (χ0) is 19.8. The summed E-state index contributed by atoms with van der Waals surface area (Å²) in [5, 5.41) is 10.3. The number of unbranched alkanes of at least 4 members (excludes halogenated alkanes) is 2. The summed E-state index contributed by atoms with van der Waals surface area (Å²) in [7, 11) is 1.66. The molecule has 0 fully saturated rings. The molecule has 1 unspecified atom stereocenters. The molecule has 0 aliphatic carbocycles. The fourth-order valence-corrected chi connectivity index (χ4v) is 3.84. The van der Waals surface area contributed by atoms with Crippen LogP contribution in [0.25, 0.3) is 0 Å². The topological polar surface area (TPSA) is 61.7 Å². The van der Waals surface area contributed by atoms with E-state index in [1.165, 1.54) is 0 Å². The first-order valence-corrected chi connectivity index (χ1v) is 9.80. The average Bonchev–Trinajstić information content (AvgIpc) is 3.25. The molecular formula is C24H27N3O. The van der Waals surface area contributed by atoms with Crippen LogP contribution in [0.2, 0.25) is 0 Å². The van der Waals surface area contributed by atoms with E-state index in [1.807, 2.05) is 42.6 Å². The number of aromatic amines is 1. The standard InChI is InChI=1S/C24H27N3O/c1-19-8-5-6-9-22(19)24(18-25,20-11-13-21(28-2)14-12-20)15-7-3-4-10-23-26-16-17-27-23/h5-6,8-9,11-14,16-17H,3-4,7,10,15H2,1-2H3,(H,26,27). The zero-order valence-electron chi connectivity index (χ0n) is 16.6. The summed E-state index contributed by atoms with van der Waals surface area (Å²) in [5.74, 6) is 1.83.